The second-order valence-corrected chi connectivity index (χ2v) is 5.55. The van der Waals surface area contributed by atoms with Crippen molar-refractivity contribution in [2.24, 2.45) is 5.92 Å². The van der Waals surface area contributed by atoms with Crippen molar-refractivity contribution in [3.63, 3.8) is 0 Å². The second kappa shape index (κ2) is 9.82. The van der Waals surface area contributed by atoms with Crippen molar-refractivity contribution in [2.45, 2.75) is 58.9 Å². The normalized spacial score (nSPS) is 12.7. The van der Waals surface area contributed by atoms with Crippen LogP contribution in [0.1, 0.15) is 64.5 Å². The van der Waals surface area contributed by atoms with E-state index in [-0.39, 0.29) is 0 Å². The standard InChI is InChI=1S/C18H31NO/c1-5-9-15(10-6-2)18(19-13-7-3)16-11-8-12-17(14-16)20-4/h8,11-12,14-15,18-19H,5-7,9-10,13H2,1-4H3. The number of methoxy groups -OCH3 is 1. The number of benzene rings is 1. The Labute approximate surface area is 124 Å². The largest absolute Gasteiger partial charge is 0.497 e. The van der Waals surface area contributed by atoms with Gasteiger partial charge in [-0.25, -0.2) is 0 Å². The van der Waals surface area contributed by atoms with E-state index < -0.39 is 0 Å². The Morgan fingerprint density at radius 1 is 1.05 bits per heavy atom. The maximum absolute atomic E-state index is 5.38. The molecule has 114 valence electrons. The van der Waals surface area contributed by atoms with E-state index in [1.807, 2.05) is 6.07 Å². The summed E-state index contributed by atoms with van der Waals surface area (Å²) in [6.07, 6.45) is 6.24. The van der Waals surface area contributed by atoms with Gasteiger partial charge in [0.25, 0.3) is 0 Å². The third-order valence-electron chi connectivity index (χ3n) is 3.86. The van der Waals surface area contributed by atoms with Crippen LogP contribution in [0.2, 0.25) is 0 Å². The number of rotatable bonds is 10. The third kappa shape index (κ3) is 5.16. The van der Waals surface area contributed by atoms with Crippen molar-refractivity contribution in [3.05, 3.63) is 29.8 Å². The Kier molecular flexibility index (Phi) is 8.36. The van der Waals surface area contributed by atoms with Crippen molar-refractivity contribution < 1.29 is 4.74 Å². The first-order valence-electron chi connectivity index (χ1n) is 8.14. The van der Waals surface area contributed by atoms with Gasteiger partial charge in [0.1, 0.15) is 5.75 Å². The summed E-state index contributed by atoms with van der Waals surface area (Å²) in [4.78, 5) is 0. The molecule has 0 amide bonds. The molecule has 1 aromatic carbocycles. The van der Waals surface area contributed by atoms with Crippen LogP contribution < -0.4 is 10.1 Å². The predicted molar refractivity (Wildman–Crippen MR) is 87.3 cm³/mol. The maximum atomic E-state index is 5.38. The monoisotopic (exact) mass is 277 g/mol. The Morgan fingerprint density at radius 3 is 2.30 bits per heavy atom. The Bertz CT molecular complexity index is 358. The molecule has 0 saturated heterocycles. The predicted octanol–water partition coefficient (Wildman–Crippen LogP) is 4.95. The molecule has 0 bridgehead atoms. The molecule has 0 fully saturated rings. The topological polar surface area (TPSA) is 21.3 Å². The lowest BCUT2D eigenvalue weighted by Gasteiger charge is -2.28. The zero-order valence-corrected chi connectivity index (χ0v) is 13.6. The van der Waals surface area contributed by atoms with E-state index in [4.69, 9.17) is 4.74 Å². The molecule has 0 aliphatic carbocycles. The summed E-state index contributed by atoms with van der Waals surface area (Å²) in [6, 6.07) is 8.99. The Morgan fingerprint density at radius 2 is 1.75 bits per heavy atom. The average molecular weight is 277 g/mol. The summed E-state index contributed by atoms with van der Waals surface area (Å²) in [5.41, 5.74) is 1.37. The van der Waals surface area contributed by atoms with Gasteiger partial charge in [-0.05, 0) is 49.4 Å². The number of ether oxygens (including phenoxy) is 1. The van der Waals surface area contributed by atoms with Gasteiger partial charge in [0.15, 0.2) is 0 Å². The van der Waals surface area contributed by atoms with E-state index in [1.54, 1.807) is 7.11 Å². The van der Waals surface area contributed by atoms with Crippen LogP contribution in [0.5, 0.6) is 5.75 Å². The SMILES string of the molecule is CCCNC(c1cccc(OC)c1)C(CCC)CCC. The lowest BCUT2D eigenvalue weighted by molar-refractivity contribution is 0.315. The smallest absolute Gasteiger partial charge is 0.119 e. The van der Waals surface area contributed by atoms with E-state index in [0.717, 1.165) is 12.3 Å². The molecule has 20 heavy (non-hydrogen) atoms. The van der Waals surface area contributed by atoms with Gasteiger partial charge in [-0.1, -0.05) is 45.7 Å². The van der Waals surface area contributed by atoms with Crippen LogP contribution in [0.15, 0.2) is 24.3 Å². The molecular formula is C18H31NO. The van der Waals surface area contributed by atoms with Gasteiger partial charge in [0.2, 0.25) is 0 Å². The Balaban J connectivity index is 2.94. The molecule has 1 atom stereocenters. The highest BCUT2D eigenvalue weighted by Gasteiger charge is 2.21. The Hall–Kier alpha value is -1.02. The zero-order valence-electron chi connectivity index (χ0n) is 13.6. The van der Waals surface area contributed by atoms with E-state index >= 15 is 0 Å². The number of hydrogen-bond acceptors (Lipinski definition) is 2. The molecule has 1 unspecified atom stereocenters. The lowest BCUT2D eigenvalue weighted by Crippen LogP contribution is -2.29. The fourth-order valence-corrected chi connectivity index (χ4v) is 2.91. The molecule has 1 N–H and O–H groups in total. The minimum Gasteiger partial charge on any atom is -0.497 e. The van der Waals surface area contributed by atoms with E-state index in [2.05, 4.69) is 44.3 Å². The highest BCUT2D eigenvalue weighted by atomic mass is 16.5. The highest BCUT2D eigenvalue weighted by molar-refractivity contribution is 5.31. The minimum atomic E-state index is 0.449. The molecular weight excluding hydrogens is 246 g/mol. The van der Waals surface area contributed by atoms with E-state index in [9.17, 15) is 0 Å². The fourth-order valence-electron chi connectivity index (χ4n) is 2.91. The molecule has 0 spiro atoms. The highest BCUT2D eigenvalue weighted by Crippen LogP contribution is 2.31. The minimum absolute atomic E-state index is 0.449. The molecule has 1 rings (SSSR count). The average Bonchev–Trinajstić information content (AvgIpc) is 2.48. The van der Waals surface area contributed by atoms with Crippen molar-refractivity contribution in [1.29, 1.82) is 0 Å². The molecule has 2 heteroatoms. The summed E-state index contributed by atoms with van der Waals surface area (Å²) in [6.45, 7) is 7.87. The van der Waals surface area contributed by atoms with Gasteiger partial charge in [-0.2, -0.15) is 0 Å². The van der Waals surface area contributed by atoms with Crippen molar-refractivity contribution in [2.75, 3.05) is 13.7 Å². The second-order valence-electron chi connectivity index (χ2n) is 5.55. The van der Waals surface area contributed by atoms with Crippen LogP contribution in [-0.2, 0) is 0 Å². The zero-order chi connectivity index (χ0) is 14.8. The van der Waals surface area contributed by atoms with Gasteiger partial charge >= 0.3 is 0 Å². The van der Waals surface area contributed by atoms with Gasteiger partial charge < -0.3 is 10.1 Å². The molecule has 0 aromatic heterocycles. The maximum Gasteiger partial charge on any atom is 0.119 e. The lowest BCUT2D eigenvalue weighted by atomic mass is 9.86. The molecule has 0 aliphatic heterocycles. The van der Waals surface area contributed by atoms with Crippen LogP contribution >= 0.6 is 0 Å². The van der Waals surface area contributed by atoms with Crippen molar-refractivity contribution in [1.82, 2.24) is 5.32 Å². The summed E-state index contributed by atoms with van der Waals surface area (Å²) < 4.78 is 5.38. The van der Waals surface area contributed by atoms with E-state index in [0.29, 0.717) is 12.0 Å². The molecule has 0 saturated carbocycles. The third-order valence-corrected chi connectivity index (χ3v) is 3.86. The first-order chi connectivity index (χ1) is 9.76. The van der Waals surface area contributed by atoms with Crippen LogP contribution in [0.4, 0.5) is 0 Å². The molecule has 1 aromatic rings. The molecule has 0 aliphatic rings. The molecule has 0 heterocycles. The number of nitrogens with one attached hydrogen (secondary N) is 1. The summed E-state index contributed by atoms with van der Waals surface area (Å²) >= 11 is 0. The van der Waals surface area contributed by atoms with Crippen LogP contribution in [0.3, 0.4) is 0 Å². The first kappa shape index (κ1) is 17.0. The fraction of sp³-hybridized carbons (Fsp3) is 0.667. The summed E-state index contributed by atoms with van der Waals surface area (Å²) in [5, 5.41) is 3.75. The first-order valence-corrected chi connectivity index (χ1v) is 8.14. The number of hydrogen-bond donors (Lipinski definition) is 1. The van der Waals surface area contributed by atoms with Crippen LogP contribution in [0.25, 0.3) is 0 Å². The molecule has 0 radical (unpaired) electrons. The van der Waals surface area contributed by atoms with Gasteiger partial charge in [-0.15, -0.1) is 0 Å². The van der Waals surface area contributed by atoms with Crippen molar-refractivity contribution >= 4 is 0 Å². The summed E-state index contributed by atoms with van der Waals surface area (Å²) in [7, 11) is 1.74. The van der Waals surface area contributed by atoms with Gasteiger partial charge in [0.05, 0.1) is 7.11 Å². The van der Waals surface area contributed by atoms with Gasteiger partial charge in [-0.3, -0.25) is 0 Å². The quantitative estimate of drug-likeness (QED) is 0.653. The molecule has 2 nitrogen and oxygen atoms in total. The van der Waals surface area contributed by atoms with Crippen LogP contribution in [0, 0.1) is 5.92 Å². The van der Waals surface area contributed by atoms with Crippen molar-refractivity contribution in [3.8, 4) is 5.75 Å². The van der Waals surface area contributed by atoms with Crippen LogP contribution in [-0.4, -0.2) is 13.7 Å². The summed E-state index contributed by atoms with van der Waals surface area (Å²) in [5.74, 6) is 1.67. The van der Waals surface area contributed by atoms with Gasteiger partial charge in [0, 0.05) is 6.04 Å². The van der Waals surface area contributed by atoms with E-state index in [1.165, 1.54) is 37.7 Å².